The number of aromatic nitrogens is 7. The predicted octanol–water partition coefficient (Wildman–Crippen LogP) is 5.58. The first kappa shape index (κ1) is 45.4. The van der Waals surface area contributed by atoms with E-state index < -0.39 is 29.5 Å². The van der Waals surface area contributed by atoms with Crippen molar-refractivity contribution in [3.8, 4) is 22.6 Å². The molecular weight excluding hydrogens is 872 g/mol. The Kier molecular flexibility index (Phi) is 13.4. The molecule has 0 spiro atoms. The van der Waals surface area contributed by atoms with Gasteiger partial charge in [0.15, 0.2) is 10.9 Å². The summed E-state index contributed by atoms with van der Waals surface area (Å²) in [5, 5.41) is 25.0. The molecule has 0 fully saturated rings. The number of pyridine rings is 2. The molecule has 2 aliphatic rings. The summed E-state index contributed by atoms with van der Waals surface area (Å²) in [5.41, 5.74) is 5.67. The zero-order chi connectivity index (χ0) is 46.6. The molecule has 20 heteroatoms. The van der Waals surface area contributed by atoms with E-state index in [1.165, 1.54) is 10.6 Å². The lowest BCUT2D eigenvalue weighted by Crippen LogP contribution is -2.39. The second-order valence-electron chi connectivity index (χ2n) is 16.5. The zero-order valence-electron chi connectivity index (χ0n) is 36.4. The van der Waals surface area contributed by atoms with E-state index in [0.29, 0.717) is 69.0 Å². The first-order valence-corrected chi connectivity index (χ1v) is 21.9. The van der Waals surface area contributed by atoms with Crippen LogP contribution in [0.3, 0.4) is 0 Å². The summed E-state index contributed by atoms with van der Waals surface area (Å²) in [6, 6.07) is 11.2. The quantitative estimate of drug-likeness (QED) is 0.0528. The summed E-state index contributed by atoms with van der Waals surface area (Å²) in [5.74, 6) is -1.91. The Morgan fingerprint density at radius 1 is 1.09 bits per heavy atom. The number of carbonyl (C=O) groups excluding carboxylic acids is 4. The van der Waals surface area contributed by atoms with Crippen molar-refractivity contribution in [2.75, 3.05) is 18.4 Å². The van der Waals surface area contributed by atoms with Crippen molar-refractivity contribution >= 4 is 52.7 Å². The van der Waals surface area contributed by atoms with E-state index in [4.69, 9.17) is 26.7 Å². The molecule has 342 valence electrons. The summed E-state index contributed by atoms with van der Waals surface area (Å²) in [6.07, 6.45) is 5.85. The summed E-state index contributed by atoms with van der Waals surface area (Å²) >= 11 is 4.97. The highest BCUT2D eigenvalue weighted by Crippen LogP contribution is 2.39. The van der Waals surface area contributed by atoms with E-state index >= 15 is 0 Å². The molecule has 0 bridgehead atoms. The first-order chi connectivity index (χ1) is 31.7. The average molecular weight is 919 g/mol. The molecule has 0 saturated heterocycles. The number of rotatable bonds is 16. The van der Waals surface area contributed by atoms with Crippen molar-refractivity contribution in [2.45, 2.75) is 91.3 Å². The number of ether oxygens (including phenoxy) is 2. The van der Waals surface area contributed by atoms with Gasteiger partial charge in [0.05, 0.1) is 41.8 Å². The van der Waals surface area contributed by atoms with Crippen LogP contribution in [0.5, 0.6) is 0 Å². The largest absolute Gasteiger partial charge is 0.458 e. The van der Waals surface area contributed by atoms with Crippen molar-refractivity contribution in [3.05, 3.63) is 115 Å². The van der Waals surface area contributed by atoms with E-state index in [-0.39, 0.29) is 68.3 Å². The van der Waals surface area contributed by atoms with Gasteiger partial charge in [-0.05, 0) is 93.2 Å². The minimum Gasteiger partial charge on any atom is -0.458 e. The van der Waals surface area contributed by atoms with Crippen LogP contribution in [0.1, 0.15) is 79.0 Å². The number of aromatic amines is 1. The smallest absolute Gasteiger partial charge is 0.410 e. The number of aliphatic hydroxyl groups excluding tert-OH is 1. The van der Waals surface area contributed by atoms with Gasteiger partial charge in [-0.25, -0.2) is 23.9 Å². The number of H-pyrrole nitrogens is 1. The number of aliphatic hydroxyl groups is 1. The fourth-order valence-corrected chi connectivity index (χ4v) is 8.17. The summed E-state index contributed by atoms with van der Waals surface area (Å²) in [7, 11) is 0. The molecule has 6 heterocycles. The Bertz CT molecular complexity index is 2970. The number of fused-ring (bicyclic) bond motifs is 5. The summed E-state index contributed by atoms with van der Waals surface area (Å²) in [4.78, 5) is 77.7. The molecule has 6 aromatic rings. The maximum Gasteiger partial charge on any atom is 0.410 e. The lowest BCUT2D eigenvalue weighted by Gasteiger charge is -2.26. The second-order valence-corrected chi connectivity index (χ2v) is 16.9. The Balaban J connectivity index is 0.815. The van der Waals surface area contributed by atoms with Crippen molar-refractivity contribution in [2.24, 2.45) is 0 Å². The molecule has 66 heavy (non-hydrogen) atoms. The zero-order valence-corrected chi connectivity index (χ0v) is 37.2. The molecule has 18 nitrogen and oxygen atoms in total. The number of aryl methyl sites for hydroxylation is 2. The van der Waals surface area contributed by atoms with Crippen LogP contribution in [-0.4, -0.2) is 87.5 Å². The highest BCUT2D eigenvalue weighted by Gasteiger charge is 2.35. The molecule has 0 radical (unpaired) electrons. The maximum atomic E-state index is 14.9. The van der Waals surface area contributed by atoms with Crippen LogP contribution >= 0.6 is 12.2 Å². The third-order valence-corrected chi connectivity index (χ3v) is 11.9. The van der Waals surface area contributed by atoms with Gasteiger partial charge in [-0.15, -0.1) is 5.10 Å². The normalized spacial score (nSPS) is 13.8. The molecule has 0 saturated carbocycles. The molecule has 8 rings (SSSR count). The summed E-state index contributed by atoms with van der Waals surface area (Å²) in [6.45, 7) is 5.91. The van der Waals surface area contributed by atoms with Crippen molar-refractivity contribution in [1.82, 2.24) is 44.7 Å². The van der Waals surface area contributed by atoms with Crippen LogP contribution < -0.4 is 16.2 Å². The van der Waals surface area contributed by atoms with E-state index in [1.54, 1.807) is 65.3 Å². The number of unbranched alkanes of at least 4 members (excludes halogenated alkanes) is 2. The van der Waals surface area contributed by atoms with Crippen molar-refractivity contribution in [1.29, 1.82) is 0 Å². The van der Waals surface area contributed by atoms with E-state index in [9.17, 15) is 33.5 Å². The number of halogens is 1. The van der Waals surface area contributed by atoms with Crippen LogP contribution in [0.15, 0.2) is 65.8 Å². The van der Waals surface area contributed by atoms with Crippen LogP contribution in [0.2, 0.25) is 0 Å². The number of nitrogens with zero attached hydrogens (tertiary/aromatic N) is 7. The molecule has 1 atom stereocenters. The van der Waals surface area contributed by atoms with Gasteiger partial charge >= 0.3 is 12.1 Å². The number of nitrogens with one attached hydrogen (secondary N) is 3. The van der Waals surface area contributed by atoms with E-state index in [1.807, 2.05) is 20.0 Å². The summed E-state index contributed by atoms with van der Waals surface area (Å²) < 4.78 is 29.4. The third-order valence-electron chi connectivity index (χ3n) is 11.7. The Morgan fingerprint density at radius 2 is 1.89 bits per heavy atom. The SMILES string of the molecule is Cc1cc2c(CCN(C(=O)OCc3ccc(NC(=O)CNC(=O)CCCCCn4cc(-c5cnc(=S)[nH]c5)nn4)cc3)C(C)C)c3c(nc2cc1F)-c1cc2c(c(=O)n1C3)COC(=O)[C@H]2O. The molecule has 2 aromatic carbocycles. The Labute approximate surface area is 382 Å². The second kappa shape index (κ2) is 19.5. The fourth-order valence-electron chi connectivity index (χ4n) is 8.06. The minimum atomic E-state index is -1.62. The lowest BCUT2D eigenvalue weighted by molar-refractivity contribution is -0.157. The number of amides is 3. The Morgan fingerprint density at radius 3 is 2.65 bits per heavy atom. The highest BCUT2D eigenvalue weighted by molar-refractivity contribution is 7.71. The minimum absolute atomic E-state index is 0.0416. The number of esters is 1. The molecule has 0 aliphatic carbocycles. The van der Waals surface area contributed by atoms with Crippen LogP contribution in [0, 0.1) is 17.5 Å². The molecule has 3 amide bonds. The molecule has 4 N–H and O–H groups in total. The molecule has 0 unspecified atom stereocenters. The van der Waals surface area contributed by atoms with Crippen molar-refractivity contribution in [3.63, 3.8) is 0 Å². The van der Waals surface area contributed by atoms with Gasteiger partial charge in [-0.1, -0.05) is 23.8 Å². The van der Waals surface area contributed by atoms with E-state index in [2.05, 4.69) is 30.9 Å². The third kappa shape index (κ3) is 9.88. The Hall–Kier alpha value is -7.19. The number of carbonyl (C=O) groups is 4. The fraction of sp³-hybridized carbons (Fsp3) is 0.348. The van der Waals surface area contributed by atoms with E-state index in [0.717, 1.165) is 29.5 Å². The standard InChI is InChI=1S/C46H47FN10O8S/c1-25(2)56(14-12-30-31-15-26(3)35(47)17-36(31)52-41-33(30)21-57-38(41)16-32-34(43(57)61)24-64-44(62)42(32)60)46(63)65-23-27-8-10-29(11-9-27)51-40(59)20-48-39(58)7-5-4-6-13-55-22-37(53-54-55)28-18-49-45(66)50-19-28/h8-11,15-19,22,25,42,60H,4-7,12-14,20-21,23-24H2,1-3H3,(H,48,58)(H,51,59)(H,49,50,66)/t42-/m0/s1. The lowest BCUT2D eigenvalue weighted by atomic mass is 9.95. The number of hydrogen-bond donors (Lipinski definition) is 4. The number of hydrogen-bond acceptors (Lipinski definition) is 13. The predicted molar refractivity (Wildman–Crippen MR) is 241 cm³/mol. The maximum absolute atomic E-state index is 14.9. The monoisotopic (exact) mass is 918 g/mol. The van der Waals surface area contributed by atoms with Gasteiger partial charge in [-0.2, -0.15) is 0 Å². The van der Waals surface area contributed by atoms with Gasteiger partial charge in [0.25, 0.3) is 5.56 Å². The van der Waals surface area contributed by atoms with Crippen molar-refractivity contribution < 1.29 is 38.1 Å². The van der Waals surface area contributed by atoms with Gasteiger partial charge in [0.2, 0.25) is 11.8 Å². The molecule has 2 aliphatic heterocycles. The molecule has 4 aromatic heterocycles. The van der Waals surface area contributed by atoms with Gasteiger partial charge in [0.1, 0.15) is 24.7 Å². The number of anilines is 1. The highest BCUT2D eigenvalue weighted by atomic mass is 32.1. The topological polar surface area (TPSA) is 229 Å². The number of cyclic esters (lactones) is 1. The van der Waals surface area contributed by atoms with Crippen LogP contribution in [-0.2, 0) is 56.6 Å². The van der Waals surface area contributed by atoms with Gasteiger partial charge < -0.3 is 39.7 Å². The average Bonchev–Trinajstić information content (AvgIpc) is 3.92. The first-order valence-electron chi connectivity index (χ1n) is 21.5. The van der Waals surface area contributed by atoms with Crippen LogP contribution in [0.4, 0.5) is 14.9 Å². The van der Waals surface area contributed by atoms with Crippen LogP contribution in [0.25, 0.3) is 33.5 Å². The van der Waals surface area contributed by atoms with Gasteiger partial charge in [-0.3, -0.25) is 19.1 Å². The number of benzene rings is 2. The van der Waals surface area contributed by atoms with Gasteiger partial charge in [0, 0.05) is 71.8 Å². The molecular formula is C46H47FN10O8S.